The van der Waals surface area contributed by atoms with Gasteiger partial charge in [-0.1, -0.05) is 6.58 Å². The number of benzene rings is 1. The van der Waals surface area contributed by atoms with Crippen LogP contribution in [-0.4, -0.2) is 42.6 Å². The molecule has 0 saturated heterocycles. The number of carbonyl (C=O) groups excluding carboxylic acids is 1. The van der Waals surface area contributed by atoms with E-state index in [9.17, 15) is 35.5 Å². The molecule has 0 radical (unpaired) electrons. The minimum Gasteiger partial charge on any atom is -0.332 e. The fourth-order valence-corrected chi connectivity index (χ4v) is 2.89. The van der Waals surface area contributed by atoms with Crippen molar-refractivity contribution >= 4 is 11.7 Å². The number of hydrogen-bond donors (Lipinski definition) is 0. The zero-order valence-electron chi connectivity index (χ0n) is 17.5. The van der Waals surface area contributed by atoms with Gasteiger partial charge < -0.3 is 4.90 Å². The molecule has 2 aromatic heterocycles. The first-order valence-corrected chi connectivity index (χ1v) is 9.36. The van der Waals surface area contributed by atoms with Crippen molar-refractivity contribution in [2.24, 2.45) is 0 Å². The van der Waals surface area contributed by atoms with Gasteiger partial charge in [0.2, 0.25) is 5.82 Å². The molecular weight excluding hydrogens is 473 g/mol. The van der Waals surface area contributed by atoms with E-state index < -0.39 is 52.6 Å². The molecule has 0 fully saturated rings. The van der Waals surface area contributed by atoms with E-state index in [1.54, 1.807) is 0 Å². The lowest BCUT2D eigenvalue weighted by molar-refractivity contribution is -0.143. The van der Waals surface area contributed by atoms with Crippen LogP contribution in [0.3, 0.4) is 0 Å². The van der Waals surface area contributed by atoms with E-state index in [1.165, 1.54) is 25.4 Å². The van der Waals surface area contributed by atoms with Crippen LogP contribution in [0.2, 0.25) is 0 Å². The zero-order chi connectivity index (χ0) is 25.4. The number of amides is 1. The monoisotopic (exact) mass is 488 g/mol. The molecule has 3 aromatic rings. The standard InChI is InChI=1S/C20H15F7N6O/c1-10(21)15-30-16(33(31-15)18-28-5-4-6-29-18)11(2)32(3)17(34)12-7-13(19(22,23)24)9-14(8-12)20(25,26)27/h4-9,11H,1H2,2-3H3. The fourth-order valence-electron chi connectivity index (χ4n) is 2.89. The molecule has 3 rings (SSSR count). The minimum atomic E-state index is -5.12. The molecule has 34 heavy (non-hydrogen) atoms. The van der Waals surface area contributed by atoms with E-state index in [-0.39, 0.29) is 17.8 Å². The summed E-state index contributed by atoms with van der Waals surface area (Å²) in [7, 11) is 1.13. The quantitative estimate of drug-likeness (QED) is 0.479. The molecule has 1 aromatic carbocycles. The molecule has 1 atom stereocenters. The Hall–Kier alpha value is -3.84. The van der Waals surface area contributed by atoms with E-state index in [1.807, 2.05) is 0 Å². The largest absolute Gasteiger partial charge is 0.416 e. The van der Waals surface area contributed by atoms with Crippen molar-refractivity contribution in [1.29, 1.82) is 0 Å². The summed E-state index contributed by atoms with van der Waals surface area (Å²) in [5.74, 6) is -2.84. The molecule has 0 bridgehead atoms. The number of halogens is 7. The normalized spacial score (nSPS) is 13.0. The van der Waals surface area contributed by atoms with E-state index in [0.29, 0.717) is 12.1 Å². The van der Waals surface area contributed by atoms with Gasteiger partial charge in [-0.3, -0.25) is 4.79 Å². The van der Waals surface area contributed by atoms with E-state index in [4.69, 9.17) is 0 Å². The Morgan fingerprint density at radius 3 is 2.03 bits per heavy atom. The molecule has 0 saturated carbocycles. The van der Waals surface area contributed by atoms with Gasteiger partial charge in [0.05, 0.1) is 17.2 Å². The lowest BCUT2D eigenvalue weighted by atomic mass is 10.0. The van der Waals surface area contributed by atoms with E-state index >= 15 is 0 Å². The van der Waals surface area contributed by atoms with Crippen molar-refractivity contribution in [3.05, 3.63) is 71.6 Å². The highest BCUT2D eigenvalue weighted by atomic mass is 19.4. The Morgan fingerprint density at radius 2 is 1.56 bits per heavy atom. The summed E-state index contributed by atoms with van der Waals surface area (Å²) in [6.07, 6.45) is -7.56. The molecule has 7 nitrogen and oxygen atoms in total. The lowest BCUT2D eigenvalue weighted by Crippen LogP contribution is -2.32. The summed E-state index contributed by atoms with van der Waals surface area (Å²) in [5.41, 5.74) is -4.12. The van der Waals surface area contributed by atoms with Gasteiger partial charge in [-0.25, -0.2) is 19.3 Å². The van der Waals surface area contributed by atoms with Crippen molar-refractivity contribution in [3.8, 4) is 5.95 Å². The Morgan fingerprint density at radius 1 is 1.03 bits per heavy atom. The highest BCUT2D eigenvalue weighted by Crippen LogP contribution is 2.37. The van der Waals surface area contributed by atoms with E-state index in [0.717, 1.165) is 16.6 Å². The first-order valence-electron chi connectivity index (χ1n) is 9.36. The second-order valence-corrected chi connectivity index (χ2v) is 7.05. The molecule has 0 aliphatic carbocycles. The predicted octanol–water partition coefficient (Wildman–Crippen LogP) is 4.87. The molecule has 1 unspecified atom stereocenters. The third kappa shape index (κ3) is 5.05. The summed E-state index contributed by atoms with van der Waals surface area (Å²) in [6, 6.07) is 0.935. The van der Waals surface area contributed by atoms with Crippen LogP contribution in [0.25, 0.3) is 11.8 Å². The van der Waals surface area contributed by atoms with Crippen LogP contribution in [0.5, 0.6) is 0 Å². The third-order valence-electron chi connectivity index (χ3n) is 4.73. The number of alkyl halides is 6. The molecule has 1 amide bonds. The van der Waals surface area contributed by atoms with Crippen molar-refractivity contribution < 1.29 is 35.5 Å². The number of carbonyl (C=O) groups is 1. The lowest BCUT2D eigenvalue weighted by Gasteiger charge is -2.25. The van der Waals surface area contributed by atoms with Crippen LogP contribution in [0.15, 0.2) is 43.2 Å². The number of aromatic nitrogens is 5. The van der Waals surface area contributed by atoms with Crippen molar-refractivity contribution in [3.63, 3.8) is 0 Å². The highest BCUT2D eigenvalue weighted by molar-refractivity contribution is 5.94. The zero-order valence-corrected chi connectivity index (χ0v) is 17.5. The fraction of sp³-hybridized carbons (Fsp3) is 0.250. The maximum Gasteiger partial charge on any atom is 0.416 e. The molecule has 180 valence electrons. The molecule has 2 heterocycles. The molecule has 0 aliphatic heterocycles. The van der Waals surface area contributed by atoms with Gasteiger partial charge in [0.1, 0.15) is 0 Å². The predicted molar refractivity (Wildman–Crippen MR) is 104 cm³/mol. The summed E-state index contributed by atoms with van der Waals surface area (Å²) in [5, 5.41) is 3.88. The van der Waals surface area contributed by atoms with Gasteiger partial charge in [-0.15, -0.1) is 5.10 Å². The summed E-state index contributed by atoms with van der Waals surface area (Å²) >= 11 is 0. The summed E-state index contributed by atoms with van der Waals surface area (Å²) in [6.45, 7) is 4.45. The molecular formula is C20H15F7N6O. The summed E-state index contributed by atoms with van der Waals surface area (Å²) < 4.78 is 93.7. The minimum absolute atomic E-state index is 0.0661. The van der Waals surface area contributed by atoms with Crippen LogP contribution in [0.4, 0.5) is 30.7 Å². The number of rotatable bonds is 5. The Bertz CT molecular complexity index is 1190. The Balaban J connectivity index is 2.05. The average Bonchev–Trinajstić information content (AvgIpc) is 3.22. The summed E-state index contributed by atoms with van der Waals surface area (Å²) in [4.78, 5) is 25.6. The van der Waals surface area contributed by atoms with Crippen molar-refractivity contribution in [2.75, 3.05) is 7.05 Å². The van der Waals surface area contributed by atoms with Gasteiger partial charge >= 0.3 is 12.4 Å². The first kappa shape index (κ1) is 24.8. The van der Waals surface area contributed by atoms with Crippen LogP contribution in [0.1, 0.15) is 46.1 Å². The van der Waals surface area contributed by atoms with Gasteiger partial charge in [-0.2, -0.15) is 31.0 Å². The molecule has 0 N–H and O–H groups in total. The van der Waals surface area contributed by atoms with Crippen LogP contribution >= 0.6 is 0 Å². The maximum atomic E-state index is 13.7. The Kier molecular flexibility index (Phi) is 6.44. The van der Waals surface area contributed by atoms with E-state index in [2.05, 4.69) is 26.6 Å². The maximum absolute atomic E-state index is 13.7. The second kappa shape index (κ2) is 8.83. The molecule has 0 spiro atoms. The Labute approximate surface area is 187 Å². The van der Waals surface area contributed by atoms with Crippen molar-refractivity contribution in [1.82, 2.24) is 29.6 Å². The van der Waals surface area contributed by atoms with Gasteiger partial charge in [-0.05, 0) is 31.2 Å². The second-order valence-electron chi connectivity index (χ2n) is 7.05. The molecule has 14 heteroatoms. The van der Waals surface area contributed by atoms with Gasteiger partial charge in [0.15, 0.2) is 11.7 Å². The highest BCUT2D eigenvalue weighted by Gasteiger charge is 2.38. The van der Waals surface area contributed by atoms with Gasteiger partial charge in [0, 0.05) is 25.0 Å². The average molecular weight is 488 g/mol. The SMILES string of the molecule is C=C(F)c1nc(C(C)N(C)C(=O)c2cc(C(F)(F)F)cc(C(F)(F)F)c2)n(-c2ncccn2)n1. The number of hydrogen-bond acceptors (Lipinski definition) is 5. The van der Waals surface area contributed by atoms with Crippen LogP contribution < -0.4 is 0 Å². The first-order chi connectivity index (χ1) is 15.7. The van der Waals surface area contributed by atoms with Gasteiger partial charge in [0.25, 0.3) is 11.9 Å². The third-order valence-corrected chi connectivity index (χ3v) is 4.73. The van der Waals surface area contributed by atoms with Crippen LogP contribution in [-0.2, 0) is 12.4 Å². The number of nitrogens with zero attached hydrogens (tertiary/aromatic N) is 6. The van der Waals surface area contributed by atoms with Crippen LogP contribution in [0, 0.1) is 0 Å². The van der Waals surface area contributed by atoms with Crippen molar-refractivity contribution in [2.45, 2.75) is 25.3 Å². The smallest absolute Gasteiger partial charge is 0.332 e. The molecule has 0 aliphatic rings. The topological polar surface area (TPSA) is 76.8 Å².